The molecule has 6 heteroatoms. The molecule has 0 bridgehead atoms. The van der Waals surface area contributed by atoms with Gasteiger partial charge in [-0.15, -0.1) is 0 Å². The van der Waals surface area contributed by atoms with Gasteiger partial charge in [0.15, 0.2) is 5.82 Å². The van der Waals surface area contributed by atoms with E-state index in [9.17, 15) is 0 Å². The summed E-state index contributed by atoms with van der Waals surface area (Å²) in [7, 11) is 1.76. The molecule has 3 N–H and O–H groups in total. The Labute approximate surface area is 111 Å². The molecule has 1 aliphatic heterocycles. The van der Waals surface area contributed by atoms with Gasteiger partial charge in [-0.3, -0.25) is 0 Å². The average Bonchev–Trinajstić information content (AvgIpc) is 3.06. The molecule has 2 heterocycles. The standard InChI is InChI=1S/C12H18N4OS/c1-17-12(4-2-3-5-12)11-14-9-7-18-6-8(9)10(15-11)16-13/h2-7,13H2,1H3,(H,14,15,16). The lowest BCUT2D eigenvalue weighted by Gasteiger charge is -2.26. The van der Waals surface area contributed by atoms with E-state index in [1.807, 2.05) is 11.8 Å². The Morgan fingerprint density at radius 2 is 2.06 bits per heavy atom. The summed E-state index contributed by atoms with van der Waals surface area (Å²) < 4.78 is 5.74. The van der Waals surface area contributed by atoms with Crippen molar-refractivity contribution >= 4 is 17.6 Å². The van der Waals surface area contributed by atoms with E-state index in [4.69, 9.17) is 15.6 Å². The van der Waals surface area contributed by atoms with Crippen molar-refractivity contribution in [3.8, 4) is 0 Å². The van der Waals surface area contributed by atoms with Crippen LogP contribution in [0.3, 0.4) is 0 Å². The third kappa shape index (κ3) is 1.79. The van der Waals surface area contributed by atoms with Gasteiger partial charge in [0, 0.05) is 24.2 Å². The predicted molar refractivity (Wildman–Crippen MR) is 72.0 cm³/mol. The van der Waals surface area contributed by atoms with E-state index in [1.54, 1.807) is 7.11 Å². The molecule has 1 aromatic heterocycles. The number of nitrogens with zero attached hydrogens (tertiary/aromatic N) is 2. The van der Waals surface area contributed by atoms with Gasteiger partial charge in [-0.2, -0.15) is 11.8 Å². The number of methoxy groups -OCH3 is 1. The number of hydrazine groups is 1. The summed E-state index contributed by atoms with van der Waals surface area (Å²) >= 11 is 1.85. The van der Waals surface area contributed by atoms with Crippen molar-refractivity contribution in [1.82, 2.24) is 9.97 Å². The maximum absolute atomic E-state index is 5.74. The molecule has 1 aliphatic carbocycles. The minimum absolute atomic E-state index is 0.298. The van der Waals surface area contributed by atoms with Crippen molar-refractivity contribution in [2.45, 2.75) is 42.8 Å². The van der Waals surface area contributed by atoms with Crippen molar-refractivity contribution in [3.63, 3.8) is 0 Å². The molecule has 0 saturated heterocycles. The second kappa shape index (κ2) is 4.68. The maximum atomic E-state index is 5.74. The van der Waals surface area contributed by atoms with Crippen molar-refractivity contribution in [1.29, 1.82) is 0 Å². The van der Waals surface area contributed by atoms with Gasteiger partial charge in [-0.05, 0) is 25.7 Å². The van der Waals surface area contributed by atoms with E-state index in [2.05, 4.69) is 10.4 Å². The van der Waals surface area contributed by atoms with Gasteiger partial charge in [-0.25, -0.2) is 15.8 Å². The highest BCUT2D eigenvalue weighted by atomic mass is 32.2. The molecule has 3 rings (SSSR count). The van der Waals surface area contributed by atoms with Crippen LogP contribution in [0.4, 0.5) is 5.82 Å². The SMILES string of the molecule is COC1(c2nc3c(c(NN)n2)CSC3)CCCC1. The fraction of sp³-hybridized carbons (Fsp3) is 0.667. The van der Waals surface area contributed by atoms with Crippen LogP contribution in [0, 0.1) is 0 Å². The highest BCUT2D eigenvalue weighted by Crippen LogP contribution is 2.42. The molecule has 5 nitrogen and oxygen atoms in total. The van der Waals surface area contributed by atoms with Crippen LogP contribution in [-0.2, 0) is 21.8 Å². The topological polar surface area (TPSA) is 73.1 Å². The lowest BCUT2D eigenvalue weighted by Crippen LogP contribution is -2.29. The first-order valence-corrected chi connectivity index (χ1v) is 7.44. The van der Waals surface area contributed by atoms with Crippen LogP contribution in [0.25, 0.3) is 0 Å². The zero-order valence-corrected chi connectivity index (χ0v) is 11.3. The fourth-order valence-corrected chi connectivity index (χ4v) is 3.88. The van der Waals surface area contributed by atoms with Gasteiger partial charge in [0.2, 0.25) is 0 Å². The summed E-state index contributed by atoms with van der Waals surface area (Å²) in [4.78, 5) is 9.34. The van der Waals surface area contributed by atoms with Crippen LogP contribution in [-0.4, -0.2) is 17.1 Å². The molecular weight excluding hydrogens is 248 g/mol. The Balaban J connectivity index is 2.07. The Kier molecular flexibility index (Phi) is 3.17. The molecule has 1 saturated carbocycles. The van der Waals surface area contributed by atoms with Gasteiger partial charge in [-0.1, -0.05) is 0 Å². The molecule has 98 valence electrons. The van der Waals surface area contributed by atoms with Crippen LogP contribution in [0.2, 0.25) is 0 Å². The van der Waals surface area contributed by atoms with Gasteiger partial charge >= 0.3 is 0 Å². The van der Waals surface area contributed by atoms with Crippen LogP contribution >= 0.6 is 11.8 Å². The zero-order chi connectivity index (χ0) is 12.6. The number of nitrogen functional groups attached to an aromatic ring is 1. The summed E-state index contributed by atoms with van der Waals surface area (Å²) in [5.74, 6) is 9.04. The number of thioether (sulfide) groups is 1. The Morgan fingerprint density at radius 1 is 1.28 bits per heavy atom. The molecule has 0 unspecified atom stereocenters. The van der Waals surface area contributed by atoms with Crippen molar-refractivity contribution < 1.29 is 4.74 Å². The largest absolute Gasteiger partial charge is 0.370 e. The third-order valence-electron chi connectivity index (χ3n) is 3.92. The lowest BCUT2D eigenvalue weighted by atomic mass is 10.0. The van der Waals surface area contributed by atoms with E-state index in [1.165, 1.54) is 12.8 Å². The lowest BCUT2D eigenvalue weighted by molar-refractivity contribution is -0.0163. The Bertz CT molecular complexity index is 460. The van der Waals surface area contributed by atoms with Crippen LogP contribution < -0.4 is 11.3 Å². The second-order valence-electron chi connectivity index (χ2n) is 4.86. The Hall–Kier alpha value is -0.850. The summed E-state index contributed by atoms with van der Waals surface area (Å²) in [6, 6.07) is 0. The number of fused-ring (bicyclic) bond motifs is 1. The molecule has 0 spiro atoms. The predicted octanol–water partition coefficient (Wildman–Crippen LogP) is 1.92. The highest BCUT2D eigenvalue weighted by Gasteiger charge is 2.39. The summed E-state index contributed by atoms with van der Waals surface area (Å²) in [6.07, 6.45) is 4.35. The number of anilines is 1. The number of hydrogen-bond donors (Lipinski definition) is 2. The van der Waals surface area contributed by atoms with E-state index < -0.39 is 0 Å². The van der Waals surface area contributed by atoms with Crippen molar-refractivity contribution in [2.75, 3.05) is 12.5 Å². The van der Waals surface area contributed by atoms with Crippen LogP contribution in [0.15, 0.2) is 0 Å². The van der Waals surface area contributed by atoms with Gasteiger partial charge in [0.25, 0.3) is 0 Å². The number of aromatic nitrogens is 2. The van der Waals surface area contributed by atoms with Gasteiger partial charge in [0.05, 0.1) is 5.69 Å². The van der Waals surface area contributed by atoms with E-state index >= 15 is 0 Å². The van der Waals surface area contributed by atoms with E-state index in [-0.39, 0.29) is 5.60 Å². The molecule has 0 aromatic carbocycles. The molecule has 1 aromatic rings. The van der Waals surface area contributed by atoms with Gasteiger partial charge in [0.1, 0.15) is 11.4 Å². The number of nitrogens with two attached hydrogens (primary N) is 1. The summed E-state index contributed by atoms with van der Waals surface area (Å²) in [5, 5.41) is 0. The third-order valence-corrected chi connectivity index (χ3v) is 4.89. The molecular formula is C12H18N4OS. The van der Waals surface area contributed by atoms with Crippen LogP contribution in [0.1, 0.15) is 42.8 Å². The fourth-order valence-electron chi connectivity index (χ4n) is 2.84. The molecule has 0 radical (unpaired) electrons. The summed E-state index contributed by atoms with van der Waals surface area (Å²) in [6.45, 7) is 0. The molecule has 18 heavy (non-hydrogen) atoms. The zero-order valence-electron chi connectivity index (χ0n) is 10.5. The Morgan fingerprint density at radius 3 is 2.72 bits per heavy atom. The quantitative estimate of drug-likeness (QED) is 0.643. The number of nitrogens with one attached hydrogen (secondary N) is 1. The normalized spacial score (nSPS) is 21.0. The van der Waals surface area contributed by atoms with E-state index in [0.29, 0.717) is 0 Å². The number of rotatable bonds is 3. The molecule has 0 amide bonds. The molecule has 2 aliphatic rings. The first-order chi connectivity index (χ1) is 8.79. The van der Waals surface area contributed by atoms with Crippen molar-refractivity contribution in [2.24, 2.45) is 5.84 Å². The highest BCUT2D eigenvalue weighted by molar-refractivity contribution is 7.98. The number of hydrogen-bond acceptors (Lipinski definition) is 6. The first kappa shape index (κ1) is 12.2. The molecule has 0 atom stereocenters. The summed E-state index contributed by atoms with van der Waals surface area (Å²) in [5.41, 5.74) is 4.68. The van der Waals surface area contributed by atoms with E-state index in [0.717, 1.165) is 47.2 Å². The van der Waals surface area contributed by atoms with Gasteiger partial charge < -0.3 is 10.2 Å². The van der Waals surface area contributed by atoms with Crippen molar-refractivity contribution in [3.05, 3.63) is 17.1 Å². The minimum Gasteiger partial charge on any atom is -0.370 e. The maximum Gasteiger partial charge on any atom is 0.162 e. The number of ether oxygens (including phenoxy) is 1. The molecule has 1 fully saturated rings. The first-order valence-electron chi connectivity index (χ1n) is 6.29. The minimum atomic E-state index is -0.298. The van der Waals surface area contributed by atoms with Crippen LogP contribution in [0.5, 0.6) is 0 Å². The smallest absolute Gasteiger partial charge is 0.162 e. The average molecular weight is 266 g/mol. The monoisotopic (exact) mass is 266 g/mol. The second-order valence-corrected chi connectivity index (χ2v) is 5.85.